The standard InChI is InChI=1S/C20H34O6/c1-14-16(25-15(2)21)6-7-17(24-14)26-19(5)8-10-20(11-9-19)22-12-18(3,4)13-23-20/h14,16-17H,6-13H2,1-5H3/t14-,16-,17-/m0/s1. The van der Waals surface area contributed by atoms with Gasteiger partial charge in [0, 0.05) is 31.6 Å². The molecule has 0 radical (unpaired) electrons. The predicted octanol–water partition coefficient (Wildman–Crippen LogP) is 3.56. The van der Waals surface area contributed by atoms with E-state index in [0.717, 1.165) is 51.7 Å². The highest BCUT2D eigenvalue weighted by molar-refractivity contribution is 5.66. The number of rotatable bonds is 3. The molecule has 0 aromatic carbocycles. The highest BCUT2D eigenvalue weighted by atomic mass is 16.7. The first kappa shape index (κ1) is 20.1. The van der Waals surface area contributed by atoms with Crippen LogP contribution < -0.4 is 0 Å². The lowest BCUT2D eigenvalue weighted by Crippen LogP contribution is -2.53. The molecule has 0 N–H and O–H groups in total. The number of hydrogen-bond acceptors (Lipinski definition) is 6. The second kappa shape index (κ2) is 7.38. The Balaban J connectivity index is 1.48. The number of esters is 1. The minimum absolute atomic E-state index is 0.0903. The molecule has 1 saturated carbocycles. The maximum atomic E-state index is 11.2. The zero-order valence-corrected chi connectivity index (χ0v) is 16.8. The Kier molecular flexibility index (Phi) is 5.69. The molecule has 1 aliphatic carbocycles. The number of carbonyl (C=O) groups is 1. The quantitative estimate of drug-likeness (QED) is 0.708. The van der Waals surface area contributed by atoms with Gasteiger partial charge in [-0.25, -0.2) is 0 Å². The third kappa shape index (κ3) is 4.77. The molecule has 0 unspecified atom stereocenters. The van der Waals surface area contributed by atoms with E-state index in [4.69, 9.17) is 23.7 Å². The van der Waals surface area contributed by atoms with Crippen LogP contribution in [0.25, 0.3) is 0 Å². The summed E-state index contributed by atoms with van der Waals surface area (Å²) in [6.07, 6.45) is 4.39. The van der Waals surface area contributed by atoms with Gasteiger partial charge in [0.2, 0.25) is 0 Å². The summed E-state index contributed by atoms with van der Waals surface area (Å²) in [5.74, 6) is -0.690. The van der Waals surface area contributed by atoms with E-state index in [2.05, 4.69) is 20.8 Å². The normalized spacial score (nSPS) is 35.8. The molecule has 2 saturated heterocycles. The van der Waals surface area contributed by atoms with Gasteiger partial charge in [-0.05, 0) is 33.1 Å². The van der Waals surface area contributed by atoms with Gasteiger partial charge in [0.1, 0.15) is 6.10 Å². The number of carbonyl (C=O) groups excluding carboxylic acids is 1. The molecular formula is C20H34O6. The van der Waals surface area contributed by atoms with E-state index in [1.807, 2.05) is 6.92 Å². The second-order valence-electron chi connectivity index (χ2n) is 9.22. The highest BCUT2D eigenvalue weighted by Crippen LogP contribution is 2.44. The van der Waals surface area contributed by atoms with Crippen molar-refractivity contribution in [3.63, 3.8) is 0 Å². The van der Waals surface area contributed by atoms with Crippen molar-refractivity contribution in [2.24, 2.45) is 5.41 Å². The first-order valence-electron chi connectivity index (χ1n) is 9.89. The van der Waals surface area contributed by atoms with E-state index in [1.165, 1.54) is 6.92 Å². The third-order valence-corrected chi connectivity index (χ3v) is 5.83. The van der Waals surface area contributed by atoms with Gasteiger partial charge < -0.3 is 23.7 Å². The lowest BCUT2D eigenvalue weighted by Gasteiger charge is -2.50. The molecule has 3 rings (SSSR count). The first-order valence-corrected chi connectivity index (χ1v) is 9.89. The molecule has 150 valence electrons. The van der Waals surface area contributed by atoms with Crippen LogP contribution in [0.15, 0.2) is 0 Å². The zero-order valence-electron chi connectivity index (χ0n) is 16.8. The molecule has 26 heavy (non-hydrogen) atoms. The Morgan fingerprint density at radius 3 is 2.15 bits per heavy atom. The summed E-state index contributed by atoms with van der Waals surface area (Å²) in [4.78, 5) is 11.2. The van der Waals surface area contributed by atoms with Crippen molar-refractivity contribution in [2.75, 3.05) is 13.2 Å². The van der Waals surface area contributed by atoms with Crippen LogP contribution in [-0.2, 0) is 28.5 Å². The van der Waals surface area contributed by atoms with Crippen LogP contribution in [0.4, 0.5) is 0 Å². The fourth-order valence-electron chi connectivity index (χ4n) is 4.01. The Morgan fingerprint density at radius 2 is 1.62 bits per heavy atom. The Bertz CT molecular complexity index is 496. The van der Waals surface area contributed by atoms with Gasteiger partial charge in [-0.2, -0.15) is 0 Å². The van der Waals surface area contributed by atoms with Crippen LogP contribution >= 0.6 is 0 Å². The van der Waals surface area contributed by atoms with E-state index in [0.29, 0.717) is 0 Å². The van der Waals surface area contributed by atoms with Crippen LogP contribution in [-0.4, -0.2) is 49.1 Å². The van der Waals surface area contributed by atoms with E-state index in [1.54, 1.807) is 0 Å². The van der Waals surface area contributed by atoms with Crippen molar-refractivity contribution in [1.82, 2.24) is 0 Å². The molecule has 3 atom stereocenters. The summed E-state index contributed by atoms with van der Waals surface area (Å²) in [6.45, 7) is 11.3. The molecular weight excluding hydrogens is 336 g/mol. The summed E-state index contributed by atoms with van der Waals surface area (Å²) < 4.78 is 29.9. The minimum atomic E-state index is -0.431. The Labute approximate surface area is 156 Å². The number of hydrogen-bond donors (Lipinski definition) is 0. The van der Waals surface area contributed by atoms with E-state index >= 15 is 0 Å². The lowest BCUT2D eigenvalue weighted by atomic mass is 9.81. The van der Waals surface area contributed by atoms with Crippen molar-refractivity contribution in [3.05, 3.63) is 0 Å². The van der Waals surface area contributed by atoms with Gasteiger partial charge >= 0.3 is 5.97 Å². The summed E-state index contributed by atoms with van der Waals surface area (Å²) in [5, 5.41) is 0. The number of ether oxygens (including phenoxy) is 5. The first-order chi connectivity index (χ1) is 12.1. The summed E-state index contributed by atoms with van der Waals surface area (Å²) in [6, 6.07) is 0. The fraction of sp³-hybridized carbons (Fsp3) is 0.950. The largest absolute Gasteiger partial charge is 0.460 e. The van der Waals surface area contributed by atoms with Gasteiger partial charge in [0.15, 0.2) is 12.1 Å². The molecule has 0 aromatic heterocycles. The Hall–Kier alpha value is -0.690. The average molecular weight is 370 g/mol. The van der Waals surface area contributed by atoms with Crippen molar-refractivity contribution < 1.29 is 28.5 Å². The average Bonchev–Trinajstić information content (AvgIpc) is 2.56. The molecule has 6 nitrogen and oxygen atoms in total. The van der Waals surface area contributed by atoms with Crippen molar-refractivity contribution >= 4 is 5.97 Å². The van der Waals surface area contributed by atoms with Gasteiger partial charge in [0.25, 0.3) is 0 Å². The molecule has 3 aliphatic rings. The predicted molar refractivity (Wildman–Crippen MR) is 95.5 cm³/mol. The van der Waals surface area contributed by atoms with Gasteiger partial charge in [-0.15, -0.1) is 0 Å². The maximum Gasteiger partial charge on any atom is 0.302 e. The SMILES string of the molecule is CC(=O)O[C@H]1CC[C@H](OC2(C)CCC3(CC2)OCC(C)(C)CO3)O[C@H]1C. The summed E-state index contributed by atoms with van der Waals surface area (Å²) in [5.41, 5.74) is -0.142. The lowest BCUT2D eigenvalue weighted by molar-refractivity contribution is -0.331. The van der Waals surface area contributed by atoms with Gasteiger partial charge in [-0.3, -0.25) is 4.79 Å². The molecule has 0 aromatic rings. The molecule has 3 fully saturated rings. The van der Waals surface area contributed by atoms with Crippen molar-refractivity contribution in [2.45, 2.75) is 103 Å². The van der Waals surface area contributed by atoms with Gasteiger partial charge in [0.05, 0.1) is 24.9 Å². The monoisotopic (exact) mass is 370 g/mol. The minimum Gasteiger partial charge on any atom is -0.460 e. The van der Waals surface area contributed by atoms with Gasteiger partial charge in [-0.1, -0.05) is 13.8 Å². The van der Waals surface area contributed by atoms with E-state index in [9.17, 15) is 4.79 Å². The van der Waals surface area contributed by atoms with E-state index < -0.39 is 5.79 Å². The topological polar surface area (TPSA) is 63.2 Å². The molecule has 2 heterocycles. The fourth-order valence-corrected chi connectivity index (χ4v) is 4.01. The third-order valence-electron chi connectivity index (χ3n) is 5.83. The summed E-state index contributed by atoms with van der Waals surface area (Å²) in [7, 11) is 0. The van der Waals surface area contributed by atoms with Crippen molar-refractivity contribution in [3.8, 4) is 0 Å². The van der Waals surface area contributed by atoms with Crippen molar-refractivity contribution in [1.29, 1.82) is 0 Å². The molecule has 0 amide bonds. The maximum absolute atomic E-state index is 11.2. The van der Waals surface area contributed by atoms with Crippen LogP contribution in [0, 0.1) is 5.41 Å². The highest BCUT2D eigenvalue weighted by Gasteiger charge is 2.47. The molecule has 2 aliphatic heterocycles. The zero-order chi connectivity index (χ0) is 19.0. The molecule has 0 bridgehead atoms. The van der Waals surface area contributed by atoms with Crippen LogP contribution in [0.1, 0.15) is 73.1 Å². The van der Waals surface area contributed by atoms with Crippen LogP contribution in [0.2, 0.25) is 0 Å². The second-order valence-corrected chi connectivity index (χ2v) is 9.22. The van der Waals surface area contributed by atoms with E-state index in [-0.39, 0.29) is 35.5 Å². The Morgan fingerprint density at radius 1 is 1.00 bits per heavy atom. The molecule has 1 spiro atoms. The smallest absolute Gasteiger partial charge is 0.302 e. The molecule has 6 heteroatoms. The summed E-state index contributed by atoms with van der Waals surface area (Å²) >= 11 is 0. The van der Waals surface area contributed by atoms with Crippen LogP contribution in [0.3, 0.4) is 0 Å². The van der Waals surface area contributed by atoms with Crippen LogP contribution in [0.5, 0.6) is 0 Å².